The van der Waals surface area contributed by atoms with E-state index in [2.05, 4.69) is 31.1 Å². The summed E-state index contributed by atoms with van der Waals surface area (Å²) >= 11 is 0. The van der Waals surface area contributed by atoms with E-state index in [-0.39, 0.29) is 11.9 Å². The van der Waals surface area contributed by atoms with Crippen LogP contribution in [0.25, 0.3) is 0 Å². The molecule has 0 aromatic heterocycles. The van der Waals surface area contributed by atoms with Gasteiger partial charge in [0.2, 0.25) is 0 Å². The van der Waals surface area contributed by atoms with Gasteiger partial charge in [-0.05, 0) is 44.5 Å². The molecule has 0 spiro atoms. The molecule has 0 saturated carbocycles. The van der Waals surface area contributed by atoms with Gasteiger partial charge in [-0.2, -0.15) is 5.26 Å². The van der Waals surface area contributed by atoms with E-state index in [1.807, 2.05) is 6.07 Å². The van der Waals surface area contributed by atoms with Gasteiger partial charge in [-0.3, -0.25) is 0 Å². The lowest BCUT2D eigenvalue weighted by molar-refractivity contribution is 0.145. The smallest absolute Gasteiger partial charge is 0.147 e. The lowest BCUT2D eigenvalue weighted by Gasteiger charge is -2.40. The van der Waals surface area contributed by atoms with Crippen LogP contribution >= 0.6 is 0 Å². The Balaban J connectivity index is 2.11. The van der Waals surface area contributed by atoms with Crippen molar-refractivity contribution < 1.29 is 4.39 Å². The fourth-order valence-electron chi connectivity index (χ4n) is 2.64. The highest BCUT2D eigenvalue weighted by Crippen LogP contribution is 2.25. The lowest BCUT2D eigenvalue weighted by Crippen LogP contribution is -2.48. The second-order valence-electron chi connectivity index (χ2n) is 5.56. The molecule has 0 aliphatic carbocycles. The maximum absolute atomic E-state index is 13.9. The van der Waals surface area contributed by atoms with Crippen LogP contribution in [0.4, 0.5) is 10.1 Å². The van der Waals surface area contributed by atoms with Crippen LogP contribution in [-0.4, -0.2) is 30.6 Å². The molecule has 102 valence electrons. The number of anilines is 1. The molecule has 19 heavy (non-hydrogen) atoms. The van der Waals surface area contributed by atoms with E-state index in [4.69, 9.17) is 5.26 Å². The first-order chi connectivity index (χ1) is 9.01. The zero-order valence-corrected chi connectivity index (χ0v) is 11.7. The number of piperidine rings is 1. The molecule has 1 N–H and O–H groups in total. The Labute approximate surface area is 114 Å². The van der Waals surface area contributed by atoms with Gasteiger partial charge in [-0.15, -0.1) is 0 Å². The number of nitrogens with zero attached hydrogens (tertiary/aromatic N) is 2. The van der Waals surface area contributed by atoms with E-state index >= 15 is 0 Å². The number of hydrogen-bond acceptors (Lipinski definition) is 3. The molecular formula is C15H20FN3. The first-order valence-electron chi connectivity index (χ1n) is 6.67. The quantitative estimate of drug-likeness (QED) is 0.889. The molecule has 4 heteroatoms. The fraction of sp³-hybridized carbons (Fsp3) is 0.533. The second-order valence-corrected chi connectivity index (χ2v) is 5.56. The molecule has 1 aliphatic heterocycles. The average molecular weight is 261 g/mol. The van der Waals surface area contributed by atoms with Crippen LogP contribution < -0.4 is 5.32 Å². The van der Waals surface area contributed by atoms with Crippen molar-refractivity contribution in [1.29, 1.82) is 5.26 Å². The largest absolute Gasteiger partial charge is 0.380 e. The Morgan fingerprint density at radius 1 is 1.42 bits per heavy atom. The van der Waals surface area contributed by atoms with Crippen LogP contribution in [0.5, 0.6) is 0 Å². The lowest BCUT2D eigenvalue weighted by atomic mass is 9.89. The van der Waals surface area contributed by atoms with Crippen molar-refractivity contribution in [3.8, 4) is 6.07 Å². The minimum Gasteiger partial charge on any atom is -0.380 e. The van der Waals surface area contributed by atoms with Crippen molar-refractivity contribution >= 4 is 5.69 Å². The maximum atomic E-state index is 13.9. The maximum Gasteiger partial charge on any atom is 0.147 e. The predicted octanol–water partition coefficient (Wildman–Crippen LogP) is 2.84. The standard InChI is InChI=1S/C15H20FN3/c1-10-9-19(3)11(2)6-15(10)18-14-5-4-12(8-17)7-13(14)16/h4-5,7,10-11,15,18H,6,9H2,1-3H3. The second kappa shape index (κ2) is 5.58. The van der Waals surface area contributed by atoms with Crippen LogP contribution in [-0.2, 0) is 0 Å². The number of benzene rings is 1. The van der Waals surface area contributed by atoms with Crippen molar-refractivity contribution in [2.45, 2.75) is 32.4 Å². The summed E-state index contributed by atoms with van der Waals surface area (Å²) in [6, 6.07) is 7.30. The highest BCUT2D eigenvalue weighted by molar-refractivity contribution is 5.49. The van der Waals surface area contributed by atoms with E-state index in [9.17, 15) is 4.39 Å². The Bertz CT molecular complexity index is 495. The summed E-state index contributed by atoms with van der Waals surface area (Å²) in [4.78, 5) is 2.33. The third kappa shape index (κ3) is 3.05. The molecule has 1 aliphatic rings. The highest BCUT2D eigenvalue weighted by atomic mass is 19.1. The Morgan fingerprint density at radius 3 is 2.79 bits per heavy atom. The van der Waals surface area contributed by atoms with Gasteiger partial charge in [0, 0.05) is 18.6 Å². The van der Waals surface area contributed by atoms with E-state index in [0.29, 0.717) is 23.2 Å². The molecule has 1 fully saturated rings. The molecular weight excluding hydrogens is 241 g/mol. The van der Waals surface area contributed by atoms with Crippen LogP contribution in [0.3, 0.4) is 0 Å². The monoisotopic (exact) mass is 261 g/mol. The Morgan fingerprint density at radius 2 is 2.16 bits per heavy atom. The summed E-state index contributed by atoms with van der Waals surface area (Å²) in [6.07, 6.45) is 0.997. The van der Waals surface area contributed by atoms with Crippen molar-refractivity contribution in [3.63, 3.8) is 0 Å². The summed E-state index contributed by atoms with van der Waals surface area (Å²) < 4.78 is 13.9. The number of nitrogens with one attached hydrogen (secondary N) is 1. The summed E-state index contributed by atoms with van der Waals surface area (Å²) in [6.45, 7) is 5.38. The van der Waals surface area contributed by atoms with E-state index in [0.717, 1.165) is 13.0 Å². The molecule has 0 amide bonds. The average Bonchev–Trinajstić information content (AvgIpc) is 2.38. The molecule has 3 unspecified atom stereocenters. The van der Waals surface area contributed by atoms with Crippen molar-refractivity contribution in [3.05, 3.63) is 29.6 Å². The molecule has 1 saturated heterocycles. The number of nitriles is 1. The van der Waals surface area contributed by atoms with Crippen LogP contribution in [0.15, 0.2) is 18.2 Å². The number of halogens is 1. The first-order valence-corrected chi connectivity index (χ1v) is 6.67. The van der Waals surface area contributed by atoms with Crippen LogP contribution in [0.2, 0.25) is 0 Å². The molecule has 1 heterocycles. The predicted molar refractivity (Wildman–Crippen MR) is 74.4 cm³/mol. The van der Waals surface area contributed by atoms with Crippen molar-refractivity contribution in [1.82, 2.24) is 4.90 Å². The van der Waals surface area contributed by atoms with Crippen molar-refractivity contribution in [2.75, 3.05) is 18.9 Å². The number of likely N-dealkylation sites (tertiary alicyclic amines) is 1. The third-order valence-electron chi connectivity index (χ3n) is 4.05. The molecule has 3 atom stereocenters. The van der Waals surface area contributed by atoms with Gasteiger partial charge >= 0.3 is 0 Å². The number of rotatable bonds is 2. The van der Waals surface area contributed by atoms with Gasteiger partial charge in [0.15, 0.2) is 0 Å². The van der Waals surface area contributed by atoms with Gasteiger partial charge in [0.25, 0.3) is 0 Å². The van der Waals surface area contributed by atoms with Gasteiger partial charge in [0.05, 0.1) is 17.3 Å². The molecule has 0 bridgehead atoms. The number of hydrogen-bond donors (Lipinski definition) is 1. The van der Waals surface area contributed by atoms with Crippen LogP contribution in [0.1, 0.15) is 25.8 Å². The summed E-state index contributed by atoms with van der Waals surface area (Å²) in [7, 11) is 2.12. The van der Waals surface area contributed by atoms with E-state index < -0.39 is 0 Å². The fourth-order valence-corrected chi connectivity index (χ4v) is 2.64. The van der Waals surface area contributed by atoms with Crippen molar-refractivity contribution in [2.24, 2.45) is 5.92 Å². The minimum atomic E-state index is -0.349. The van der Waals surface area contributed by atoms with Crippen LogP contribution in [0, 0.1) is 23.1 Å². The summed E-state index contributed by atoms with van der Waals surface area (Å²) in [5.74, 6) is 0.120. The topological polar surface area (TPSA) is 39.1 Å². The first kappa shape index (κ1) is 13.8. The highest BCUT2D eigenvalue weighted by Gasteiger charge is 2.29. The van der Waals surface area contributed by atoms with Gasteiger partial charge in [-0.25, -0.2) is 4.39 Å². The zero-order chi connectivity index (χ0) is 14.0. The zero-order valence-electron chi connectivity index (χ0n) is 11.7. The normalized spacial score (nSPS) is 27.8. The Hall–Kier alpha value is -1.60. The van der Waals surface area contributed by atoms with E-state index in [1.54, 1.807) is 12.1 Å². The minimum absolute atomic E-state index is 0.272. The summed E-state index contributed by atoms with van der Waals surface area (Å²) in [5.41, 5.74) is 0.848. The molecule has 2 rings (SSSR count). The van der Waals surface area contributed by atoms with E-state index in [1.165, 1.54) is 6.07 Å². The summed E-state index contributed by atoms with van der Waals surface area (Å²) in [5, 5.41) is 12.0. The molecule has 0 radical (unpaired) electrons. The van der Waals surface area contributed by atoms with Gasteiger partial charge in [0.1, 0.15) is 5.82 Å². The molecule has 1 aromatic rings. The molecule has 1 aromatic carbocycles. The molecule has 3 nitrogen and oxygen atoms in total. The Kier molecular flexibility index (Phi) is 4.06. The van der Waals surface area contributed by atoms with Gasteiger partial charge in [-0.1, -0.05) is 6.92 Å². The third-order valence-corrected chi connectivity index (χ3v) is 4.05. The van der Waals surface area contributed by atoms with Gasteiger partial charge < -0.3 is 10.2 Å². The SMILES string of the molecule is CC1CN(C)C(C)CC1Nc1ccc(C#N)cc1F.